The summed E-state index contributed by atoms with van der Waals surface area (Å²) in [5.74, 6) is 0. The van der Waals surface area contributed by atoms with Gasteiger partial charge in [0.25, 0.3) is 0 Å². The Bertz CT molecular complexity index is 547. The van der Waals surface area contributed by atoms with Crippen molar-refractivity contribution in [2.45, 2.75) is 63.7 Å². The molecule has 3 aliphatic rings. The molecule has 0 aromatic heterocycles. The SMILES string of the molecule is CC1(c2cccc3c2C2=C(CCC2)[N]3)CCCCC1. The van der Waals surface area contributed by atoms with E-state index in [1.54, 1.807) is 11.1 Å². The first-order valence-corrected chi connectivity index (χ1v) is 7.86. The largest absolute Gasteiger partial charge is 0.253 e. The van der Waals surface area contributed by atoms with Gasteiger partial charge in [0, 0.05) is 11.3 Å². The van der Waals surface area contributed by atoms with Gasteiger partial charge in [-0.3, -0.25) is 5.32 Å². The average molecular weight is 252 g/mol. The maximum atomic E-state index is 4.88. The molecular weight excluding hydrogens is 230 g/mol. The second-order valence-corrected chi connectivity index (χ2v) is 6.71. The fourth-order valence-electron chi connectivity index (χ4n) is 4.32. The number of hydrogen-bond acceptors (Lipinski definition) is 0. The van der Waals surface area contributed by atoms with Crippen LogP contribution in [0.5, 0.6) is 0 Å². The molecule has 0 bridgehead atoms. The normalized spacial score (nSPS) is 24.1. The number of hydrogen-bond donors (Lipinski definition) is 0. The summed E-state index contributed by atoms with van der Waals surface area (Å²) in [5, 5.41) is 4.88. The van der Waals surface area contributed by atoms with Gasteiger partial charge in [0.05, 0.1) is 5.69 Å². The molecule has 1 aromatic carbocycles. The van der Waals surface area contributed by atoms with Crippen LogP contribution in [0.1, 0.15) is 69.4 Å². The molecule has 0 spiro atoms. The highest BCUT2D eigenvalue weighted by atomic mass is 14.9. The highest BCUT2D eigenvalue weighted by Crippen LogP contribution is 2.50. The van der Waals surface area contributed by atoms with Gasteiger partial charge in [-0.2, -0.15) is 0 Å². The van der Waals surface area contributed by atoms with E-state index in [0.717, 1.165) is 0 Å². The first-order valence-electron chi connectivity index (χ1n) is 7.86. The van der Waals surface area contributed by atoms with Crippen molar-refractivity contribution in [3.8, 4) is 0 Å². The van der Waals surface area contributed by atoms with Gasteiger partial charge in [-0.05, 0) is 54.7 Å². The van der Waals surface area contributed by atoms with Crippen LogP contribution in [0.25, 0.3) is 5.57 Å². The maximum absolute atomic E-state index is 4.88. The first-order chi connectivity index (χ1) is 9.28. The summed E-state index contributed by atoms with van der Waals surface area (Å²) in [6.07, 6.45) is 10.7. The molecule has 0 N–H and O–H groups in total. The van der Waals surface area contributed by atoms with E-state index in [0.29, 0.717) is 5.41 Å². The van der Waals surface area contributed by atoms with Gasteiger partial charge in [0.2, 0.25) is 0 Å². The molecule has 1 saturated carbocycles. The maximum Gasteiger partial charge on any atom is 0.0711 e. The lowest BCUT2D eigenvalue weighted by molar-refractivity contribution is 0.319. The first kappa shape index (κ1) is 11.6. The Morgan fingerprint density at radius 1 is 1.00 bits per heavy atom. The van der Waals surface area contributed by atoms with Crippen LogP contribution in [0.3, 0.4) is 0 Å². The van der Waals surface area contributed by atoms with Crippen molar-refractivity contribution in [3.05, 3.63) is 35.0 Å². The van der Waals surface area contributed by atoms with Gasteiger partial charge < -0.3 is 0 Å². The van der Waals surface area contributed by atoms with Gasteiger partial charge in [-0.15, -0.1) is 0 Å². The number of rotatable bonds is 1. The van der Waals surface area contributed by atoms with Crippen LogP contribution in [0.4, 0.5) is 5.69 Å². The van der Waals surface area contributed by atoms with Crippen molar-refractivity contribution in [3.63, 3.8) is 0 Å². The average Bonchev–Trinajstić information content (AvgIpc) is 2.99. The summed E-state index contributed by atoms with van der Waals surface area (Å²) in [4.78, 5) is 0. The Morgan fingerprint density at radius 2 is 1.84 bits per heavy atom. The van der Waals surface area contributed by atoms with Gasteiger partial charge in [-0.1, -0.05) is 38.3 Å². The summed E-state index contributed by atoms with van der Waals surface area (Å²) in [6, 6.07) is 6.82. The molecular formula is C18H22N. The summed E-state index contributed by atoms with van der Waals surface area (Å²) in [7, 11) is 0. The Labute approximate surface area is 116 Å². The van der Waals surface area contributed by atoms with E-state index < -0.39 is 0 Å². The number of benzene rings is 1. The highest BCUT2D eigenvalue weighted by molar-refractivity contribution is 5.85. The van der Waals surface area contributed by atoms with Crippen LogP contribution in [0.15, 0.2) is 23.9 Å². The highest BCUT2D eigenvalue weighted by Gasteiger charge is 2.36. The Balaban J connectivity index is 1.84. The molecule has 1 aromatic rings. The molecule has 2 aliphatic carbocycles. The van der Waals surface area contributed by atoms with Gasteiger partial charge in [0.1, 0.15) is 0 Å². The number of allylic oxidation sites excluding steroid dienone is 2. The molecule has 1 nitrogen and oxygen atoms in total. The third kappa shape index (κ3) is 1.67. The molecule has 1 radical (unpaired) electrons. The number of fused-ring (bicyclic) bond motifs is 2. The fraction of sp³-hybridized carbons (Fsp3) is 0.556. The second-order valence-electron chi connectivity index (χ2n) is 6.71. The zero-order chi connectivity index (χ0) is 12.9. The predicted octanol–water partition coefficient (Wildman–Crippen LogP) is 5.05. The fourth-order valence-corrected chi connectivity index (χ4v) is 4.32. The van der Waals surface area contributed by atoms with Crippen LogP contribution in [0.2, 0.25) is 0 Å². The zero-order valence-corrected chi connectivity index (χ0v) is 11.8. The van der Waals surface area contributed by atoms with Crippen molar-refractivity contribution in [2.75, 3.05) is 0 Å². The van der Waals surface area contributed by atoms with Crippen LogP contribution in [-0.2, 0) is 5.41 Å². The smallest absolute Gasteiger partial charge is 0.0711 e. The molecule has 19 heavy (non-hydrogen) atoms. The Kier molecular flexibility index (Phi) is 2.51. The monoisotopic (exact) mass is 252 g/mol. The molecule has 99 valence electrons. The van der Waals surface area contributed by atoms with E-state index in [2.05, 4.69) is 25.1 Å². The van der Waals surface area contributed by atoms with E-state index in [9.17, 15) is 0 Å². The van der Waals surface area contributed by atoms with Crippen molar-refractivity contribution in [1.82, 2.24) is 5.32 Å². The van der Waals surface area contributed by atoms with Crippen molar-refractivity contribution >= 4 is 11.3 Å². The molecule has 1 heterocycles. The molecule has 1 heteroatoms. The van der Waals surface area contributed by atoms with Crippen molar-refractivity contribution < 1.29 is 0 Å². The minimum atomic E-state index is 0.393. The van der Waals surface area contributed by atoms with Crippen molar-refractivity contribution in [2.24, 2.45) is 0 Å². The van der Waals surface area contributed by atoms with Crippen LogP contribution in [0, 0.1) is 0 Å². The van der Waals surface area contributed by atoms with E-state index >= 15 is 0 Å². The topological polar surface area (TPSA) is 14.1 Å². The minimum Gasteiger partial charge on any atom is -0.253 e. The molecule has 1 fully saturated rings. The lowest BCUT2D eigenvalue weighted by atomic mass is 9.69. The van der Waals surface area contributed by atoms with E-state index in [1.807, 2.05) is 0 Å². The lowest BCUT2D eigenvalue weighted by Crippen LogP contribution is -2.26. The van der Waals surface area contributed by atoms with E-state index in [4.69, 9.17) is 5.32 Å². The molecule has 0 amide bonds. The van der Waals surface area contributed by atoms with E-state index in [1.165, 1.54) is 68.3 Å². The minimum absolute atomic E-state index is 0.393. The molecule has 4 rings (SSSR count). The summed E-state index contributed by atoms with van der Waals surface area (Å²) >= 11 is 0. The van der Waals surface area contributed by atoms with E-state index in [-0.39, 0.29) is 0 Å². The third-order valence-corrected chi connectivity index (χ3v) is 5.40. The Morgan fingerprint density at radius 3 is 2.68 bits per heavy atom. The summed E-state index contributed by atoms with van der Waals surface area (Å²) in [6.45, 7) is 2.48. The Hall–Kier alpha value is -1.24. The summed E-state index contributed by atoms with van der Waals surface area (Å²) in [5.41, 5.74) is 7.75. The second kappa shape index (κ2) is 4.13. The molecule has 0 saturated heterocycles. The number of nitrogens with zero attached hydrogens (tertiary/aromatic N) is 1. The zero-order valence-electron chi connectivity index (χ0n) is 11.8. The standard InChI is InChI=1S/C18H22N/c1-18(11-3-2-4-12-18)14-8-6-10-16-17(14)13-7-5-9-15(13)19-16/h6,8,10H,2-5,7,9,11-12H2,1H3. The molecule has 0 atom stereocenters. The van der Waals surface area contributed by atoms with Crippen LogP contribution >= 0.6 is 0 Å². The predicted molar refractivity (Wildman–Crippen MR) is 79.4 cm³/mol. The lowest BCUT2D eigenvalue weighted by Gasteiger charge is -2.36. The third-order valence-electron chi connectivity index (χ3n) is 5.40. The van der Waals surface area contributed by atoms with Gasteiger partial charge in [-0.25, -0.2) is 0 Å². The molecule has 1 aliphatic heterocycles. The van der Waals surface area contributed by atoms with Crippen LogP contribution in [-0.4, -0.2) is 0 Å². The summed E-state index contributed by atoms with van der Waals surface area (Å²) < 4.78 is 0. The van der Waals surface area contributed by atoms with Crippen LogP contribution < -0.4 is 5.32 Å². The van der Waals surface area contributed by atoms with Gasteiger partial charge in [0.15, 0.2) is 0 Å². The molecule has 0 unspecified atom stereocenters. The van der Waals surface area contributed by atoms with Crippen molar-refractivity contribution in [1.29, 1.82) is 0 Å². The quantitative estimate of drug-likeness (QED) is 0.664. The van der Waals surface area contributed by atoms with Gasteiger partial charge >= 0.3 is 0 Å².